The topological polar surface area (TPSA) is 64.7 Å². The summed E-state index contributed by atoms with van der Waals surface area (Å²) < 4.78 is 16.6. The zero-order chi connectivity index (χ0) is 21.1. The monoisotopic (exact) mass is 423 g/mol. The third kappa shape index (κ3) is 4.26. The molecule has 152 valence electrons. The molecule has 0 aliphatic rings. The number of carbonyl (C=O) groups excluding carboxylic acids is 1. The van der Waals surface area contributed by atoms with Crippen LogP contribution in [-0.2, 0) is 6.54 Å². The molecule has 0 aliphatic carbocycles. The molecule has 0 saturated heterocycles. The summed E-state index contributed by atoms with van der Waals surface area (Å²) in [4.78, 5) is 13.0. The summed E-state index contributed by atoms with van der Waals surface area (Å²) in [5, 5.41) is 11.9. The van der Waals surface area contributed by atoms with Gasteiger partial charge in [0.15, 0.2) is 11.5 Å². The molecule has 30 heavy (non-hydrogen) atoms. The number of hydrogen-bond donors (Lipinski definition) is 1. The fourth-order valence-electron chi connectivity index (χ4n) is 3.16. The van der Waals surface area contributed by atoms with E-state index in [1.54, 1.807) is 33.5 Å². The molecule has 4 rings (SSSR count). The van der Waals surface area contributed by atoms with Crippen LogP contribution in [0.2, 0.25) is 5.02 Å². The van der Waals surface area contributed by atoms with E-state index >= 15 is 0 Å². The van der Waals surface area contributed by atoms with Crippen molar-refractivity contribution in [2.24, 2.45) is 0 Å². The van der Waals surface area contributed by atoms with E-state index in [-0.39, 0.29) is 23.5 Å². The van der Waals surface area contributed by atoms with E-state index in [0.717, 1.165) is 11.1 Å². The maximum absolute atomic E-state index is 13.2. The molecule has 2 heterocycles. The largest absolute Gasteiger partial charge is 0.344 e. The molecular weight excluding hydrogens is 405 g/mol. The van der Waals surface area contributed by atoms with E-state index in [4.69, 9.17) is 11.6 Å². The number of carbonyl (C=O) groups is 1. The van der Waals surface area contributed by atoms with Crippen LogP contribution in [0.1, 0.15) is 34.6 Å². The van der Waals surface area contributed by atoms with Gasteiger partial charge in [0, 0.05) is 17.4 Å². The highest BCUT2D eigenvalue weighted by Crippen LogP contribution is 2.18. The third-order valence-corrected chi connectivity index (χ3v) is 4.99. The van der Waals surface area contributed by atoms with Gasteiger partial charge in [-0.1, -0.05) is 41.1 Å². The lowest BCUT2D eigenvalue weighted by Gasteiger charge is -2.14. The van der Waals surface area contributed by atoms with Gasteiger partial charge in [-0.15, -0.1) is 5.10 Å². The van der Waals surface area contributed by atoms with E-state index in [0.29, 0.717) is 17.4 Å². The van der Waals surface area contributed by atoms with E-state index in [9.17, 15) is 9.18 Å². The number of benzene rings is 2. The van der Waals surface area contributed by atoms with Gasteiger partial charge in [-0.2, -0.15) is 0 Å². The summed E-state index contributed by atoms with van der Waals surface area (Å²) in [7, 11) is 0. The smallest absolute Gasteiger partial charge is 0.276 e. The second-order valence-electron chi connectivity index (χ2n) is 6.88. The standard InChI is InChI=1S/C22H19ClFN5O/c1-15(17-6-10-19(24)11-7-17)25-21(30)20-22(28-12-2-3-13-28)29(27-26-20)14-16-4-8-18(23)9-5-16/h2-13,15H,14H2,1H3,(H,25,30)/t15-/m0/s1. The van der Waals surface area contributed by atoms with Crippen molar-refractivity contribution < 1.29 is 9.18 Å². The highest BCUT2D eigenvalue weighted by atomic mass is 35.5. The summed E-state index contributed by atoms with van der Waals surface area (Å²) in [6.45, 7) is 2.26. The Labute approximate surface area is 177 Å². The molecule has 1 atom stereocenters. The number of halogens is 2. The molecule has 1 N–H and O–H groups in total. The van der Waals surface area contributed by atoms with Gasteiger partial charge >= 0.3 is 0 Å². The van der Waals surface area contributed by atoms with Crippen LogP contribution in [0.15, 0.2) is 73.1 Å². The maximum Gasteiger partial charge on any atom is 0.276 e. The number of nitrogens with one attached hydrogen (secondary N) is 1. The van der Waals surface area contributed by atoms with Crippen molar-refractivity contribution in [1.82, 2.24) is 24.9 Å². The van der Waals surface area contributed by atoms with E-state index in [1.165, 1.54) is 12.1 Å². The predicted octanol–water partition coefficient (Wildman–Crippen LogP) is 4.40. The van der Waals surface area contributed by atoms with Gasteiger partial charge in [-0.25, -0.2) is 9.07 Å². The highest BCUT2D eigenvalue weighted by Gasteiger charge is 2.23. The first-order valence-corrected chi connectivity index (χ1v) is 9.76. The van der Waals surface area contributed by atoms with Crippen molar-refractivity contribution in [3.63, 3.8) is 0 Å². The van der Waals surface area contributed by atoms with Crippen LogP contribution in [-0.4, -0.2) is 25.5 Å². The van der Waals surface area contributed by atoms with Gasteiger partial charge in [0.05, 0.1) is 12.6 Å². The molecule has 0 saturated carbocycles. The third-order valence-electron chi connectivity index (χ3n) is 4.74. The van der Waals surface area contributed by atoms with Crippen molar-refractivity contribution >= 4 is 17.5 Å². The Morgan fingerprint density at radius 2 is 1.77 bits per heavy atom. The van der Waals surface area contributed by atoms with Gasteiger partial charge in [0.25, 0.3) is 5.91 Å². The van der Waals surface area contributed by atoms with Crippen molar-refractivity contribution in [2.75, 3.05) is 0 Å². The summed E-state index contributed by atoms with van der Waals surface area (Å²) in [6.07, 6.45) is 3.66. The number of rotatable bonds is 6. The average Bonchev–Trinajstić information content (AvgIpc) is 3.40. The minimum Gasteiger partial charge on any atom is -0.344 e. The summed E-state index contributed by atoms with van der Waals surface area (Å²) >= 11 is 5.97. The fourth-order valence-corrected chi connectivity index (χ4v) is 3.28. The lowest BCUT2D eigenvalue weighted by Crippen LogP contribution is -2.28. The minimum absolute atomic E-state index is 0.203. The molecule has 8 heteroatoms. The number of amides is 1. The van der Waals surface area contributed by atoms with Crippen LogP contribution in [0.5, 0.6) is 0 Å². The molecule has 0 radical (unpaired) electrons. The minimum atomic E-state index is -0.363. The van der Waals surface area contributed by atoms with Gasteiger partial charge in [0.1, 0.15) is 5.82 Å². The van der Waals surface area contributed by atoms with Crippen molar-refractivity contribution in [1.29, 1.82) is 0 Å². The zero-order valence-electron chi connectivity index (χ0n) is 16.2. The molecule has 0 spiro atoms. The summed E-state index contributed by atoms with van der Waals surface area (Å²) in [6, 6.07) is 16.8. The van der Waals surface area contributed by atoms with E-state index in [2.05, 4.69) is 15.6 Å². The second-order valence-corrected chi connectivity index (χ2v) is 7.32. The van der Waals surface area contributed by atoms with Crippen LogP contribution in [0, 0.1) is 5.82 Å². The normalized spacial score (nSPS) is 12.0. The Kier molecular flexibility index (Phi) is 5.63. The first-order valence-electron chi connectivity index (χ1n) is 9.39. The summed E-state index contributed by atoms with van der Waals surface area (Å²) in [5.74, 6) is -0.131. The van der Waals surface area contributed by atoms with Crippen LogP contribution >= 0.6 is 11.6 Å². The Balaban J connectivity index is 1.62. The number of nitrogens with zero attached hydrogens (tertiary/aromatic N) is 4. The van der Waals surface area contributed by atoms with Gasteiger partial charge in [0.2, 0.25) is 0 Å². The lowest BCUT2D eigenvalue weighted by molar-refractivity contribution is 0.0934. The lowest BCUT2D eigenvalue weighted by atomic mass is 10.1. The van der Waals surface area contributed by atoms with Crippen molar-refractivity contribution in [3.05, 3.63) is 101 Å². The maximum atomic E-state index is 13.2. The predicted molar refractivity (Wildman–Crippen MR) is 112 cm³/mol. The van der Waals surface area contributed by atoms with Crippen molar-refractivity contribution in [2.45, 2.75) is 19.5 Å². The quantitative estimate of drug-likeness (QED) is 0.500. The molecular formula is C22H19ClFN5O. The zero-order valence-corrected chi connectivity index (χ0v) is 16.9. The Hall–Kier alpha value is -3.45. The fraction of sp³-hybridized carbons (Fsp3) is 0.136. The Morgan fingerprint density at radius 1 is 1.10 bits per heavy atom. The molecule has 1 amide bonds. The average molecular weight is 424 g/mol. The molecule has 0 bridgehead atoms. The molecule has 2 aromatic heterocycles. The Morgan fingerprint density at radius 3 is 2.43 bits per heavy atom. The SMILES string of the molecule is C[C@H](NC(=O)c1nnn(Cc2ccc(Cl)cc2)c1-n1cccc1)c1ccc(F)cc1. The molecule has 4 aromatic rings. The molecule has 0 unspecified atom stereocenters. The molecule has 0 aliphatic heterocycles. The molecule has 6 nitrogen and oxygen atoms in total. The number of hydrogen-bond acceptors (Lipinski definition) is 3. The van der Waals surface area contributed by atoms with Crippen LogP contribution in [0.3, 0.4) is 0 Å². The van der Waals surface area contributed by atoms with Crippen LogP contribution in [0.25, 0.3) is 5.82 Å². The molecule has 2 aromatic carbocycles. The van der Waals surface area contributed by atoms with Crippen LogP contribution in [0.4, 0.5) is 4.39 Å². The second kappa shape index (κ2) is 8.51. The van der Waals surface area contributed by atoms with Gasteiger partial charge in [-0.3, -0.25) is 4.79 Å². The van der Waals surface area contributed by atoms with Crippen LogP contribution < -0.4 is 5.32 Å². The Bertz CT molecular complexity index is 1140. The van der Waals surface area contributed by atoms with Gasteiger partial charge in [-0.05, 0) is 54.4 Å². The highest BCUT2D eigenvalue weighted by molar-refractivity contribution is 6.30. The first kappa shape index (κ1) is 19.8. The number of aromatic nitrogens is 4. The first-order chi connectivity index (χ1) is 14.5. The van der Waals surface area contributed by atoms with E-state index < -0.39 is 0 Å². The summed E-state index contributed by atoms with van der Waals surface area (Å²) in [5.41, 5.74) is 1.97. The van der Waals surface area contributed by atoms with Gasteiger partial charge < -0.3 is 9.88 Å². The van der Waals surface area contributed by atoms with E-state index in [1.807, 2.05) is 43.6 Å². The molecule has 0 fully saturated rings. The van der Waals surface area contributed by atoms with Crippen molar-refractivity contribution in [3.8, 4) is 5.82 Å².